The Morgan fingerprint density at radius 2 is 1.87 bits per heavy atom. The molecule has 0 unspecified atom stereocenters. The molecule has 0 bridgehead atoms. The highest BCUT2D eigenvalue weighted by Crippen LogP contribution is 2.25. The quantitative estimate of drug-likeness (QED) is 0.510. The van der Waals surface area contributed by atoms with Crippen molar-refractivity contribution in [1.82, 2.24) is 14.8 Å². The van der Waals surface area contributed by atoms with Gasteiger partial charge in [-0.25, -0.2) is 18.4 Å². The molecule has 0 saturated carbocycles. The van der Waals surface area contributed by atoms with E-state index >= 15 is 0 Å². The molecular weight excluding hydrogens is 412 g/mol. The van der Waals surface area contributed by atoms with Crippen LogP contribution in [0.25, 0.3) is 16.3 Å². The number of anilines is 1. The molecule has 2 heterocycles. The molecule has 150 valence electrons. The fourth-order valence-corrected chi connectivity index (χ4v) is 3.46. The number of primary amides is 1. The fourth-order valence-electron chi connectivity index (χ4n) is 2.69. The molecule has 0 aliphatic rings. The summed E-state index contributed by atoms with van der Waals surface area (Å²) in [6.07, 6.45) is 3.39. The summed E-state index contributed by atoms with van der Waals surface area (Å²) < 4.78 is 29.2. The zero-order chi connectivity index (χ0) is 21.3. The first-order chi connectivity index (χ1) is 14.4. The number of rotatable bonds is 5. The maximum atomic E-state index is 14.0. The smallest absolute Gasteiger partial charge is 0.275 e. The Labute approximate surface area is 172 Å². The van der Waals surface area contributed by atoms with Crippen LogP contribution in [0.4, 0.5) is 14.5 Å². The lowest BCUT2D eigenvalue weighted by Crippen LogP contribution is -2.17. The Bertz CT molecular complexity index is 1250. The van der Waals surface area contributed by atoms with E-state index in [0.29, 0.717) is 16.6 Å². The highest BCUT2D eigenvalue weighted by atomic mass is 32.1. The van der Waals surface area contributed by atoms with Crippen molar-refractivity contribution < 1.29 is 18.4 Å². The predicted molar refractivity (Wildman–Crippen MR) is 108 cm³/mol. The molecule has 30 heavy (non-hydrogen) atoms. The standard InChI is InChI=1S/C20H13F2N5O2S/c21-14-7-15(22)16(6-13(14)18(23)28)25-19(29)17-10-30-20(26-17)11-8-24-27(9-11)12-4-2-1-3-5-12/h1-10H,(H2,23,28)(H,25,29). The molecule has 3 N–H and O–H groups in total. The van der Waals surface area contributed by atoms with Crippen LogP contribution in [0.2, 0.25) is 0 Å². The zero-order valence-corrected chi connectivity index (χ0v) is 16.0. The van der Waals surface area contributed by atoms with Gasteiger partial charge in [-0.15, -0.1) is 11.3 Å². The molecule has 10 heteroatoms. The van der Waals surface area contributed by atoms with Crippen molar-refractivity contribution in [1.29, 1.82) is 0 Å². The highest BCUT2D eigenvalue weighted by Gasteiger charge is 2.18. The predicted octanol–water partition coefficient (Wildman–Crippen LogP) is 3.63. The van der Waals surface area contributed by atoms with E-state index in [0.717, 1.165) is 11.8 Å². The first-order valence-corrected chi connectivity index (χ1v) is 9.46. The second-order valence-electron chi connectivity index (χ2n) is 6.18. The van der Waals surface area contributed by atoms with Gasteiger partial charge in [-0.2, -0.15) is 5.10 Å². The zero-order valence-electron chi connectivity index (χ0n) is 15.2. The van der Waals surface area contributed by atoms with E-state index in [1.165, 1.54) is 16.7 Å². The van der Waals surface area contributed by atoms with Crippen molar-refractivity contribution in [2.45, 2.75) is 0 Å². The summed E-state index contributed by atoms with van der Waals surface area (Å²) in [4.78, 5) is 27.9. The summed E-state index contributed by atoms with van der Waals surface area (Å²) in [6, 6.07) is 10.8. The maximum absolute atomic E-state index is 14.0. The second kappa shape index (κ2) is 7.84. The van der Waals surface area contributed by atoms with E-state index in [1.807, 2.05) is 30.3 Å². The van der Waals surface area contributed by atoms with E-state index < -0.39 is 29.0 Å². The molecule has 0 spiro atoms. The lowest BCUT2D eigenvalue weighted by Gasteiger charge is -2.07. The van der Waals surface area contributed by atoms with Crippen molar-refractivity contribution in [3.63, 3.8) is 0 Å². The summed E-state index contributed by atoms with van der Waals surface area (Å²) in [5.74, 6) is -3.93. The number of nitrogens with one attached hydrogen (secondary N) is 1. The fraction of sp³-hybridized carbons (Fsp3) is 0. The first-order valence-electron chi connectivity index (χ1n) is 8.58. The number of carbonyl (C=O) groups excluding carboxylic acids is 2. The number of nitrogens with two attached hydrogens (primary N) is 1. The van der Waals surface area contributed by atoms with Gasteiger partial charge in [-0.1, -0.05) is 18.2 Å². The topological polar surface area (TPSA) is 103 Å². The van der Waals surface area contributed by atoms with Gasteiger partial charge in [0.15, 0.2) is 0 Å². The van der Waals surface area contributed by atoms with E-state index in [4.69, 9.17) is 5.73 Å². The average molecular weight is 425 g/mol. The van der Waals surface area contributed by atoms with Gasteiger partial charge in [-0.3, -0.25) is 9.59 Å². The van der Waals surface area contributed by atoms with E-state index in [2.05, 4.69) is 15.4 Å². The molecular formula is C20H13F2N5O2S. The Hall–Kier alpha value is -3.92. The van der Waals surface area contributed by atoms with Crippen LogP contribution in [0.5, 0.6) is 0 Å². The number of thiazole rings is 1. The summed E-state index contributed by atoms with van der Waals surface area (Å²) >= 11 is 1.21. The minimum absolute atomic E-state index is 0.0341. The molecule has 7 nitrogen and oxygen atoms in total. The molecule has 0 atom stereocenters. The molecule has 0 aliphatic heterocycles. The van der Waals surface area contributed by atoms with E-state index in [9.17, 15) is 18.4 Å². The van der Waals surface area contributed by atoms with Gasteiger partial charge in [0.25, 0.3) is 11.8 Å². The Kier molecular flexibility index (Phi) is 5.07. The van der Waals surface area contributed by atoms with Gasteiger partial charge < -0.3 is 11.1 Å². The van der Waals surface area contributed by atoms with Crippen LogP contribution in [-0.4, -0.2) is 26.6 Å². The molecule has 2 amide bonds. The Morgan fingerprint density at radius 1 is 1.10 bits per heavy atom. The van der Waals surface area contributed by atoms with Crippen molar-refractivity contribution in [2.24, 2.45) is 5.73 Å². The third-order valence-corrected chi connectivity index (χ3v) is 5.05. The number of halogens is 2. The van der Waals surface area contributed by atoms with Crippen LogP contribution < -0.4 is 11.1 Å². The third-order valence-electron chi connectivity index (χ3n) is 4.16. The third kappa shape index (κ3) is 3.80. The SMILES string of the molecule is NC(=O)c1cc(NC(=O)c2csc(-c3cnn(-c4ccccc4)c3)n2)c(F)cc1F. The molecule has 4 rings (SSSR count). The highest BCUT2D eigenvalue weighted by molar-refractivity contribution is 7.13. The number of hydrogen-bond acceptors (Lipinski definition) is 5. The van der Waals surface area contributed by atoms with Crippen molar-refractivity contribution in [3.8, 4) is 16.3 Å². The number of amides is 2. The summed E-state index contributed by atoms with van der Waals surface area (Å²) in [5.41, 5.74) is 5.76. The molecule has 0 radical (unpaired) electrons. The first kappa shape index (κ1) is 19.4. The van der Waals surface area contributed by atoms with Crippen LogP contribution in [0, 0.1) is 11.6 Å². The van der Waals surface area contributed by atoms with Crippen LogP contribution in [0.3, 0.4) is 0 Å². The van der Waals surface area contributed by atoms with Gasteiger partial charge in [0.05, 0.1) is 23.1 Å². The Balaban J connectivity index is 1.55. The van der Waals surface area contributed by atoms with Gasteiger partial charge in [-0.05, 0) is 18.2 Å². The molecule has 0 saturated heterocycles. The summed E-state index contributed by atoms with van der Waals surface area (Å²) in [5, 5.41) is 8.61. The van der Waals surface area contributed by atoms with Gasteiger partial charge in [0, 0.05) is 23.2 Å². The minimum Gasteiger partial charge on any atom is -0.366 e. The average Bonchev–Trinajstić information content (AvgIpc) is 3.40. The van der Waals surface area contributed by atoms with Gasteiger partial charge >= 0.3 is 0 Å². The van der Waals surface area contributed by atoms with Crippen LogP contribution in [0.1, 0.15) is 20.8 Å². The number of hydrogen-bond donors (Lipinski definition) is 2. The van der Waals surface area contributed by atoms with E-state index in [-0.39, 0.29) is 11.4 Å². The number of nitrogens with zero attached hydrogens (tertiary/aromatic N) is 3. The number of carbonyl (C=O) groups is 2. The van der Waals surface area contributed by atoms with Crippen LogP contribution in [0.15, 0.2) is 60.2 Å². The molecule has 0 fully saturated rings. The van der Waals surface area contributed by atoms with Gasteiger partial charge in [0.2, 0.25) is 0 Å². The van der Waals surface area contributed by atoms with Crippen molar-refractivity contribution in [3.05, 3.63) is 83.1 Å². The maximum Gasteiger partial charge on any atom is 0.275 e. The monoisotopic (exact) mass is 425 g/mol. The van der Waals surface area contributed by atoms with Crippen LogP contribution in [-0.2, 0) is 0 Å². The Morgan fingerprint density at radius 3 is 2.60 bits per heavy atom. The molecule has 0 aliphatic carbocycles. The summed E-state index contributed by atoms with van der Waals surface area (Å²) in [7, 11) is 0. The van der Waals surface area contributed by atoms with Gasteiger partial charge in [0.1, 0.15) is 22.3 Å². The molecule has 2 aromatic carbocycles. The lowest BCUT2D eigenvalue weighted by molar-refractivity contribution is 0.0992. The minimum atomic E-state index is -1.11. The molecule has 4 aromatic rings. The second-order valence-corrected chi connectivity index (χ2v) is 7.04. The van der Waals surface area contributed by atoms with E-state index in [1.54, 1.807) is 17.1 Å². The normalized spacial score (nSPS) is 10.7. The summed E-state index contributed by atoms with van der Waals surface area (Å²) in [6.45, 7) is 0. The number of aromatic nitrogens is 3. The van der Waals surface area contributed by atoms with Crippen LogP contribution >= 0.6 is 11.3 Å². The number of para-hydroxylation sites is 1. The lowest BCUT2D eigenvalue weighted by atomic mass is 10.1. The van der Waals surface area contributed by atoms with Crippen molar-refractivity contribution in [2.75, 3.05) is 5.32 Å². The number of benzene rings is 2. The molecule has 2 aromatic heterocycles. The van der Waals surface area contributed by atoms with Crippen molar-refractivity contribution >= 4 is 28.8 Å². The largest absolute Gasteiger partial charge is 0.366 e.